The Morgan fingerprint density at radius 1 is 1.03 bits per heavy atom. The molecule has 3 rings (SSSR count). The Morgan fingerprint density at radius 3 is 2.45 bits per heavy atom. The van der Waals surface area contributed by atoms with Crippen molar-refractivity contribution in [2.24, 2.45) is 0 Å². The summed E-state index contributed by atoms with van der Waals surface area (Å²) in [7, 11) is 5.86. The fourth-order valence-corrected chi connectivity index (χ4v) is 3.55. The lowest BCUT2D eigenvalue weighted by Crippen LogP contribution is -2.31. The van der Waals surface area contributed by atoms with Crippen LogP contribution in [0.3, 0.4) is 0 Å². The Kier molecular flexibility index (Phi) is 10.3. The maximum Gasteiger partial charge on any atom is 0.411 e. The molecule has 0 unspecified atom stereocenters. The van der Waals surface area contributed by atoms with Gasteiger partial charge in [0.25, 0.3) is 5.56 Å². The molecule has 0 aliphatic rings. The molecule has 0 radical (unpaired) electrons. The Hall–Kier alpha value is -3.83. The van der Waals surface area contributed by atoms with Crippen LogP contribution in [0.15, 0.2) is 53.3 Å². The minimum absolute atomic E-state index is 0.0819. The van der Waals surface area contributed by atoms with Crippen molar-refractivity contribution in [2.75, 3.05) is 59.3 Å². The standard InChI is InChI=1S/C27H33F2N5O4/c1-5-37-27(36)30-21-8-6-7-19(15-21)18-34-25(35)10-9-24(31-34)20-16-22(28)26(23(29)17-20)38-14-13-33(4)12-11-32(2)3/h6-10,15-17H,5,11-14,18H2,1-4H3,(H,30,36). The molecule has 0 atom stereocenters. The number of ether oxygens (including phenoxy) is 2. The number of rotatable bonds is 12. The summed E-state index contributed by atoms with van der Waals surface area (Å²) in [5, 5.41) is 6.90. The highest BCUT2D eigenvalue weighted by atomic mass is 19.1. The van der Waals surface area contributed by atoms with Crippen molar-refractivity contribution in [3.8, 4) is 17.0 Å². The number of hydrogen-bond acceptors (Lipinski definition) is 7. The van der Waals surface area contributed by atoms with Crippen molar-refractivity contribution in [3.63, 3.8) is 0 Å². The van der Waals surface area contributed by atoms with Crippen LogP contribution < -0.4 is 15.6 Å². The fourth-order valence-electron chi connectivity index (χ4n) is 3.55. The summed E-state index contributed by atoms with van der Waals surface area (Å²) >= 11 is 0. The molecule has 1 amide bonds. The molecule has 3 aromatic rings. The second kappa shape index (κ2) is 13.6. The summed E-state index contributed by atoms with van der Waals surface area (Å²) in [6, 6.07) is 11.8. The topological polar surface area (TPSA) is 88.9 Å². The second-order valence-electron chi connectivity index (χ2n) is 8.98. The number of hydrogen-bond donors (Lipinski definition) is 1. The van der Waals surface area contributed by atoms with E-state index in [2.05, 4.69) is 10.4 Å². The van der Waals surface area contributed by atoms with Gasteiger partial charge in [-0.1, -0.05) is 12.1 Å². The molecule has 0 saturated heterocycles. The number of carbonyl (C=O) groups is 1. The Morgan fingerprint density at radius 2 is 1.76 bits per heavy atom. The van der Waals surface area contributed by atoms with Gasteiger partial charge in [0.2, 0.25) is 0 Å². The molecule has 204 valence electrons. The lowest BCUT2D eigenvalue weighted by Gasteiger charge is -2.19. The third kappa shape index (κ3) is 8.35. The molecular weight excluding hydrogens is 496 g/mol. The number of nitrogens with one attached hydrogen (secondary N) is 1. The first-order valence-electron chi connectivity index (χ1n) is 12.2. The number of carbonyl (C=O) groups excluding carboxylic acids is 1. The fraction of sp³-hybridized carbons (Fsp3) is 0.370. The molecule has 1 N–H and O–H groups in total. The van der Waals surface area contributed by atoms with Gasteiger partial charge in [-0.2, -0.15) is 5.10 Å². The van der Waals surface area contributed by atoms with E-state index in [1.165, 1.54) is 16.8 Å². The molecule has 0 aliphatic carbocycles. The molecule has 0 bridgehead atoms. The van der Waals surface area contributed by atoms with Crippen LogP contribution in [0.25, 0.3) is 11.3 Å². The number of aromatic nitrogens is 2. The number of anilines is 1. The van der Waals surface area contributed by atoms with E-state index in [0.29, 0.717) is 17.8 Å². The molecule has 0 aliphatic heterocycles. The van der Waals surface area contributed by atoms with Gasteiger partial charge >= 0.3 is 6.09 Å². The minimum Gasteiger partial charge on any atom is -0.486 e. The Bertz CT molecular complexity index is 1280. The average molecular weight is 530 g/mol. The molecule has 0 fully saturated rings. The van der Waals surface area contributed by atoms with Gasteiger partial charge in [-0.3, -0.25) is 10.1 Å². The van der Waals surface area contributed by atoms with Gasteiger partial charge in [-0.25, -0.2) is 18.3 Å². The number of benzene rings is 2. The molecule has 9 nitrogen and oxygen atoms in total. The summed E-state index contributed by atoms with van der Waals surface area (Å²) in [5.41, 5.74) is 1.17. The first-order chi connectivity index (χ1) is 18.2. The van der Waals surface area contributed by atoms with Crippen LogP contribution in [0, 0.1) is 11.6 Å². The minimum atomic E-state index is -0.853. The van der Waals surface area contributed by atoms with E-state index in [1.807, 2.05) is 30.9 Å². The summed E-state index contributed by atoms with van der Waals surface area (Å²) in [6.07, 6.45) is -0.588. The highest BCUT2D eigenvalue weighted by molar-refractivity contribution is 5.84. The van der Waals surface area contributed by atoms with E-state index >= 15 is 0 Å². The highest BCUT2D eigenvalue weighted by Gasteiger charge is 2.16. The van der Waals surface area contributed by atoms with Crippen molar-refractivity contribution < 1.29 is 23.0 Å². The van der Waals surface area contributed by atoms with Crippen LogP contribution in [-0.4, -0.2) is 79.7 Å². The van der Waals surface area contributed by atoms with Crippen LogP contribution in [-0.2, 0) is 11.3 Å². The summed E-state index contributed by atoms with van der Waals surface area (Å²) in [6.45, 7) is 4.32. The number of likely N-dealkylation sites (N-methyl/N-ethyl adjacent to an activating group) is 2. The molecule has 1 heterocycles. The zero-order valence-electron chi connectivity index (χ0n) is 22.0. The van der Waals surface area contributed by atoms with Gasteiger partial charge < -0.3 is 19.3 Å². The van der Waals surface area contributed by atoms with Crippen molar-refractivity contribution >= 4 is 11.8 Å². The largest absolute Gasteiger partial charge is 0.486 e. The van der Waals surface area contributed by atoms with Crippen molar-refractivity contribution in [1.29, 1.82) is 0 Å². The molecule has 38 heavy (non-hydrogen) atoms. The van der Waals surface area contributed by atoms with Gasteiger partial charge in [0.05, 0.1) is 18.8 Å². The van der Waals surface area contributed by atoms with Crippen LogP contribution in [0.4, 0.5) is 19.3 Å². The van der Waals surface area contributed by atoms with E-state index in [9.17, 15) is 18.4 Å². The zero-order chi connectivity index (χ0) is 27.7. The first kappa shape index (κ1) is 28.7. The predicted molar refractivity (Wildman–Crippen MR) is 142 cm³/mol. The molecule has 0 saturated carbocycles. The van der Waals surface area contributed by atoms with E-state index in [-0.39, 0.29) is 31.0 Å². The van der Waals surface area contributed by atoms with E-state index in [1.54, 1.807) is 31.2 Å². The maximum absolute atomic E-state index is 14.8. The van der Waals surface area contributed by atoms with Crippen molar-refractivity contribution in [1.82, 2.24) is 19.6 Å². The van der Waals surface area contributed by atoms with E-state index < -0.39 is 29.0 Å². The van der Waals surface area contributed by atoms with E-state index in [4.69, 9.17) is 9.47 Å². The van der Waals surface area contributed by atoms with Crippen molar-refractivity contribution in [2.45, 2.75) is 13.5 Å². The van der Waals surface area contributed by atoms with Crippen LogP contribution in [0.5, 0.6) is 5.75 Å². The molecular formula is C27H33F2N5O4. The number of halogens is 2. The van der Waals surface area contributed by atoms with E-state index in [0.717, 1.165) is 25.2 Å². The van der Waals surface area contributed by atoms with Gasteiger partial charge in [0, 0.05) is 37.0 Å². The lowest BCUT2D eigenvalue weighted by atomic mass is 10.1. The molecule has 1 aromatic heterocycles. The highest BCUT2D eigenvalue weighted by Crippen LogP contribution is 2.28. The summed E-state index contributed by atoms with van der Waals surface area (Å²) < 4.78 is 41.0. The molecule has 11 heteroatoms. The van der Waals surface area contributed by atoms with Gasteiger partial charge in [-0.15, -0.1) is 0 Å². The Balaban J connectivity index is 1.72. The SMILES string of the molecule is CCOC(=O)Nc1cccc(Cn2nc(-c3cc(F)c(OCCN(C)CCN(C)C)c(F)c3)ccc2=O)c1. The summed E-state index contributed by atoms with van der Waals surface area (Å²) in [5.74, 6) is -2.16. The van der Waals surface area contributed by atoms with Gasteiger partial charge in [-0.05, 0) is 64.0 Å². The Labute approximate surface area is 220 Å². The average Bonchev–Trinajstić information content (AvgIpc) is 2.86. The summed E-state index contributed by atoms with van der Waals surface area (Å²) in [4.78, 5) is 28.2. The smallest absolute Gasteiger partial charge is 0.411 e. The number of nitrogens with zero attached hydrogens (tertiary/aromatic N) is 4. The van der Waals surface area contributed by atoms with Crippen LogP contribution >= 0.6 is 0 Å². The first-order valence-corrected chi connectivity index (χ1v) is 12.2. The second-order valence-corrected chi connectivity index (χ2v) is 8.98. The third-order valence-electron chi connectivity index (χ3n) is 5.59. The van der Waals surface area contributed by atoms with Gasteiger partial charge in [0.1, 0.15) is 6.61 Å². The van der Waals surface area contributed by atoms with Crippen molar-refractivity contribution in [3.05, 3.63) is 76.1 Å². The normalized spacial score (nSPS) is 11.2. The maximum atomic E-state index is 14.8. The molecule has 2 aromatic carbocycles. The molecule has 0 spiro atoms. The van der Waals surface area contributed by atoms with Crippen LogP contribution in [0.1, 0.15) is 12.5 Å². The predicted octanol–water partition coefficient (Wildman–Crippen LogP) is 3.68. The quantitative estimate of drug-likeness (QED) is 0.383. The zero-order valence-corrected chi connectivity index (χ0v) is 22.0. The van der Waals surface area contributed by atoms with Crippen LogP contribution in [0.2, 0.25) is 0 Å². The van der Waals surface area contributed by atoms with Gasteiger partial charge in [0.15, 0.2) is 17.4 Å². The monoisotopic (exact) mass is 529 g/mol. The lowest BCUT2D eigenvalue weighted by molar-refractivity contribution is 0.168. The third-order valence-corrected chi connectivity index (χ3v) is 5.59. The number of amides is 1.